The Kier molecular flexibility index (Phi) is 4.39. The summed E-state index contributed by atoms with van der Waals surface area (Å²) in [7, 11) is 0. The standard InChI is InChI=1S/C13H12ClNO2S2/c1-7-8(4-12(19-7)13(16)17)6-18-9-2-3-11(15)10(14)5-9/h2-5H,6,15H2,1H3,(H,16,17). The molecule has 0 aliphatic rings. The van der Waals surface area contributed by atoms with Gasteiger partial charge in [-0.05, 0) is 36.8 Å². The Morgan fingerprint density at radius 1 is 1.47 bits per heavy atom. The van der Waals surface area contributed by atoms with Crippen molar-refractivity contribution in [3.8, 4) is 0 Å². The summed E-state index contributed by atoms with van der Waals surface area (Å²) in [6.45, 7) is 1.93. The third kappa shape index (κ3) is 3.43. The minimum absolute atomic E-state index is 0.378. The molecule has 0 aliphatic heterocycles. The minimum Gasteiger partial charge on any atom is -0.477 e. The fraction of sp³-hybridized carbons (Fsp3) is 0.154. The fourth-order valence-corrected chi connectivity index (χ4v) is 3.73. The summed E-state index contributed by atoms with van der Waals surface area (Å²) in [5.41, 5.74) is 7.25. The molecule has 0 saturated carbocycles. The van der Waals surface area contributed by atoms with Gasteiger partial charge in [-0.3, -0.25) is 0 Å². The highest BCUT2D eigenvalue weighted by Gasteiger charge is 2.11. The molecule has 0 bridgehead atoms. The van der Waals surface area contributed by atoms with Gasteiger partial charge in [0.1, 0.15) is 4.88 Å². The van der Waals surface area contributed by atoms with Crippen LogP contribution in [-0.2, 0) is 5.75 Å². The second kappa shape index (κ2) is 5.86. The molecule has 0 aliphatic carbocycles. The van der Waals surface area contributed by atoms with Crippen molar-refractivity contribution in [2.45, 2.75) is 17.6 Å². The van der Waals surface area contributed by atoms with E-state index in [-0.39, 0.29) is 0 Å². The van der Waals surface area contributed by atoms with Crippen molar-refractivity contribution in [1.29, 1.82) is 0 Å². The average molecular weight is 314 g/mol. The number of nitrogen functional groups attached to an aromatic ring is 1. The van der Waals surface area contributed by atoms with Crippen molar-refractivity contribution in [1.82, 2.24) is 0 Å². The minimum atomic E-state index is -0.875. The zero-order valence-electron chi connectivity index (χ0n) is 10.1. The average Bonchev–Trinajstić information content (AvgIpc) is 2.73. The van der Waals surface area contributed by atoms with Gasteiger partial charge in [0, 0.05) is 15.5 Å². The molecule has 2 aromatic rings. The lowest BCUT2D eigenvalue weighted by atomic mass is 10.3. The fourth-order valence-electron chi connectivity index (χ4n) is 1.53. The number of anilines is 1. The molecule has 6 heteroatoms. The van der Waals surface area contributed by atoms with Crippen LogP contribution in [0.15, 0.2) is 29.2 Å². The highest BCUT2D eigenvalue weighted by atomic mass is 35.5. The molecule has 0 atom stereocenters. The summed E-state index contributed by atoms with van der Waals surface area (Å²) in [5.74, 6) is -0.157. The van der Waals surface area contributed by atoms with Gasteiger partial charge in [0.2, 0.25) is 0 Å². The van der Waals surface area contributed by atoms with Crippen molar-refractivity contribution < 1.29 is 9.90 Å². The lowest BCUT2D eigenvalue weighted by Gasteiger charge is -2.03. The van der Waals surface area contributed by atoms with Crippen LogP contribution in [0, 0.1) is 6.92 Å². The van der Waals surface area contributed by atoms with E-state index in [9.17, 15) is 4.79 Å². The molecule has 1 heterocycles. The number of thiophene rings is 1. The number of carboxylic acid groups (broad SMARTS) is 1. The molecule has 0 spiro atoms. The smallest absolute Gasteiger partial charge is 0.345 e. The lowest BCUT2D eigenvalue weighted by Crippen LogP contribution is -1.90. The summed E-state index contributed by atoms with van der Waals surface area (Å²) in [6.07, 6.45) is 0. The van der Waals surface area contributed by atoms with E-state index in [2.05, 4.69) is 0 Å². The Morgan fingerprint density at radius 2 is 2.21 bits per heavy atom. The molecular weight excluding hydrogens is 302 g/mol. The molecule has 0 unspecified atom stereocenters. The van der Waals surface area contributed by atoms with Crippen LogP contribution >= 0.6 is 34.7 Å². The molecule has 2 rings (SSSR count). The zero-order valence-corrected chi connectivity index (χ0v) is 12.5. The Hall–Kier alpha value is -1.17. The second-order valence-corrected chi connectivity index (χ2v) is 6.68. The van der Waals surface area contributed by atoms with Crippen LogP contribution < -0.4 is 5.73 Å². The van der Waals surface area contributed by atoms with Crippen LogP contribution in [0.1, 0.15) is 20.1 Å². The SMILES string of the molecule is Cc1sc(C(=O)O)cc1CSc1ccc(N)c(Cl)c1. The van der Waals surface area contributed by atoms with Crippen LogP contribution in [0.3, 0.4) is 0 Å². The van der Waals surface area contributed by atoms with Crippen molar-refractivity contribution in [3.63, 3.8) is 0 Å². The monoisotopic (exact) mass is 313 g/mol. The molecular formula is C13H12ClNO2S2. The van der Waals surface area contributed by atoms with E-state index in [4.69, 9.17) is 22.4 Å². The Labute approximate surface area is 124 Å². The van der Waals surface area contributed by atoms with Crippen molar-refractivity contribution in [2.75, 3.05) is 5.73 Å². The van der Waals surface area contributed by atoms with E-state index < -0.39 is 5.97 Å². The van der Waals surface area contributed by atoms with Crippen LogP contribution in [0.4, 0.5) is 5.69 Å². The van der Waals surface area contributed by atoms with Crippen LogP contribution in [-0.4, -0.2) is 11.1 Å². The van der Waals surface area contributed by atoms with Crippen LogP contribution in [0.25, 0.3) is 0 Å². The number of nitrogens with two attached hydrogens (primary N) is 1. The largest absolute Gasteiger partial charge is 0.477 e. The van der Waals surface area contributed by atoms with E-state index in [1.54, 1.807) is 23.9 Å². The maximum Gasteiger partial charge on any atom is 0.345 e. The third-order valence-electron chi connectivity index (χ3n) is 2.60. The summed E-state index contributed by atoms with van der Waals surface area (Å²) >= 11 is 8.87. The number of carboxylic acids is 1. The first-order valence-corrected chi connectivity index (χ1v) is 7.66. The number of hydrogen-bond donors (Lipinski definition) is 2. The summed E-state index contributed by atoms with van der Waals surface area (Å²) < 4.78 is 0. The van der Waals surface area contributed by atoms with E-state index in [1.165, 1.54) is 11.3 Å². The molecule has 19 heavy (non-hydrogen) atoms. The summed E-state index contributed by atoms with van der Waals surface area (Å²) in [5, 5.41) is 9.49. The number of hydrogen-bond acceptors (Lipinski definition) is 4. The van der Waals surface area contributed by atoms with Gasteiger partial charge in [-0.25, -0.2) is 4.79 Å². The van der Waals surface area contributed by atoms with E-state index >= 15 is 0 Å². The maximum atomic E-state index is 10.9. The van der Waals surface area contributed by atoms with Crippen LogP contribution in [0.2, 0.25) is 5.02 Å². The number of thioether (sulfide) groups is 1. The summed E-state index contributed by atoms with van der Waals surface area (Å²) in [4.78, 5) is 13.3. The molecule has 100 valence electrons. The van der Waals surface area contributed by atoms with Gasteiger partial charge in [0.15, 0.2) is 0 Å². The number of aryl methyl sites for hydroxylation is 1. The highest BCUT2D eigenvalue weighted by molar-refractivity contribution is 7.98. The van der Waals surface area contributed by atoms with Gasteiger partial charge in [-0.15, -0.1) is 23.1 Å². The summed E-state index contributed by atoms with van der Waals surface area (Å²) in [6, 6.07) is 7.23. The molecule has 0 fully saturated rings. The lowest BCUT2D eigenvalue weighted by molar-refractivity contribution is 0.0702. The number of halogens is 1. The number of benzene rings is 1. The van der Waals surface area contributed by atoms with E-state index in [0.29, 0.717) is 15.6 Å². The van der Waals surface area contributed by atoms with E-state index in [1.807, 2.05) is 19.1 Å². The maximum absolute atomic E-state index is 10.9. The molecule has 0 radical (unpaired) electrons. The Balaban J connectivity index is 2.09. The van der Waals surface area contributed by atoms with Gasteiger partial charge in [-0.2, -0.15) is 0 Å². The number of aromatic carboxylic acids is 1. The molecule has 0 saturated heterocycles. The van der Waals surface area contributed by atoms with Gasteiger partial charge in [0.25, 0.3) is 0 Å². The topological polar surface area (TPSA) is 63.3 Å². The van der Waals surface area contributed by atoms with Gasteiger partial charge in [0.05, 0.1) is 10.7 Å². The van der Waals surface area contributed by atoms with Gasteiger partial charge < -0.3 is 10.8 Å². The zero-order chi connectivity index (χ0) is 14.0. The van der Waals surface area contributed by atoms with Gasteiger partial charge in [-0.1, -0.05) is 11.6 Å². The van der Waals surface area contributed by atoms with Crippen molar-refractivity contribution in [3.05, 3.63) is 44.6 Å². The normalized spacial score (nSPS) is 10.6. The van der Waals surface area contributed by atoms with Crippen molar-refractivity contribution in [2.24, 2.45) is 0 Å². The first kappa shape index (κ1) is 14.2. The number of rotatable bonds is 4. The first-order valence-electron chi connectivity index (χ1n) is 5.48. The first-order chi connectivity index (χ1) is 8.97. The quantitative estimate of drug-likeness (QED) is 0.653. The third-order valence-corrected chi connectivity index (χ3v) is 5.05. The predicted octanol–water partition coefficient (Wildman–Crippen LogP) is 4.28. The predicted molar refractivity (Wildman–Crippen MR) is 81.4 cm³/mol. The molecule has 0 amide bonds. The molecule has 1 aromatic carbocycles. The Bertz CT molecular complexity index is 625. The van der Waals surface area contributed by atoms with Crippen LogP contribution in [0.5, 0.6) is 0 Å². The molecule has 3 N–H and O–H groups in total. The Morgan fingerprint density at radius 3 is 2.79 bits per heavy atom. The second-order valence-electron chi connectivity index (χ2n) is 3.97. The molecule has 3 nitrogen and oxygen atoms in total. The van der Waals surface area contributed by atoms with Gasteiger partial charge >= 0.3 is 5.97 Å². The van der Waals surface area contributed by atoms with Crippen molar-refractivity contribution >= 4 is 46.4 Å². The molecule has 1 aromatic heterocycles. The number of carbonyl (C=O) groups is 1. The highest BCUT2D eigenvalue weighted by Crippen LogP contribution is 2.31. The van der Waals surface area contributed by atoms with E-state index in [0.717, 1.165) is 21.1 Å².